The van der Waals surface area contributed by atoms with E-state index in [2.05, 4.69) is 10.6 Å². The van der Waals surface area contributed by atoms with Crippen molar-refractivity contribution in [1.82, 2.24) is 15.5 Å². The molecule has 1 aliphatic heterocycles. The van der Waals surface area contributed by atoms with Crippen LogP contribution in [0.3, 0.4) is 0 Å². The van der Waals surface area contributed by atoms with Gasteiger partial charge in [-0.2, -0.15) is 11.8 Å². The quantitative estimate of drug-likeness (QED) is 0.480. The van der Waals surface area contributed by atoms with E-state index in [0.717, 1.165) is 11.1 Å². The predicted octanol–water partition coefficient (Wildman–Crippen LogP) is 2.90. The molecule has 0 aromatic heterocycles. The average molecular weight is 522 g/mol. The van der Waals surface area contributed by atoms with Crippen LogP contribution in [0, 0.1) is 5.92 Å². The molecule has 3 amide bonds. The van der Waals surface area contributed by atoms with Crippen molar-refractivity contribution in [3.8, 4) is 0 Å². The van der Waals surface area contributed by atoms with E-state index in [1.807, 2.05) is 44.4 Å². The fourth-order valence-electron chi connectivity index (χ4n) is 4.01. The summed E-state index contributed by atoms with van der Waals surface area (Å²) in [5, 5.41) is 5.48. The fraction of sp³-hybridized carbons (Fsp3) is 0.615. The molecule has 200 valence electrons. The highest BCUT2D eigenvalue weighted by atomic mass is 32.2. The first-order chi connectivity index (χ1) is 16.9. The number of hydrogen-bond acceptors (Lipinski definition) is 7. The van der Waals surface area contributed by atoms with E-state index in [0.29, 0.717) is 18.6 Å². The van der Waals surface area contributed by atoms with Crippen molar-refractivity contribution < 1.29 is 28.7 Å². The Labute approximate surface area is 218 Å². The van der Waals surface area contributed by atoms with Gasteiger partial charge >= 0.3 is 12.1 Å². The molecule has 2 rings (SSSR count). The maximum atomic E-state index is 13.8. The van der Waals surface area contributed by atoms with Crippen LogP contribution in [0.1, 0.15) is 52.2 Å². The van der Waals surface area contributed by atoms with Gasteiger partial charge in [0.25, 0.3) is 0 Å². The lowest BCUT2D eigenvalue weighted by Crippen LogP contribution is -2.60. The molecule has 1 aromatic rings. The topological polar surface area (TPSA) is 114 Å². The second-order valence-corrected chi connectivity index (χ2v) is 11.2. The van der Waals surface area contributed by atoms with Crippen LogP contribution in [-0.2, 0) is 36.8 Å². The Bertz CT molecular complexity index is 946. The van der Waals surface area contributed by atoms with Gasteiger partial charge in [0.2, 0.25) is 11.8 Å². The minimum absolute atomic E-state index is 0.208. The summed E-state index contributed by atoms with van der Waals surface area (Å²) in [5.74, 6) is -0.947. The minimum Gasteiger partial charge on any atom is -0.467 e. The van der Waals surface area contributed by atoms with Crippen molar-refractivity contribution >= 4 is 35.6 Å². The summed E-state index contributed by atoms with van der Waals surface area (Å²) in [4.78, 5) is 53.6. The first kappa shape index (κ1) is 29.5. The summed E-state index contributed by atoms with van der Waals surface area (Å²) in [7, 11) is 1.28. The van der Waals surface area contributed by atoms with Gasteiger partial charge in [-0.15, -0.1) is 0 Å². The molecule has 9 nitrogen and oxygen atoms in total. The molecule has 0 unspecified atom stereocenters. The van der Waals surface area contributed by atoms with Gasteiger partial charge < -0.3 is 25.0 Å². The lowest BCUT2D eigenvalue weighted by molar-refractivity contribution is -0.148. The molecule has 0 aliphatic carbocycles. The van der Waals surface area contributed by atoms with Gasteiger partial charge in [0, 0.05) is 13.0 Å². The van der Waals surface area contributed by atoms with Crippen LogP contribution in [0.15, 0.2) is 24.3 Å². The molecule has 0 saturated heterocycles. The normalized spacial score (nSPS) is 17.0. The van der Waals surface area contributed by atoms with Crippen LogP contribution >= 0.6 is 11.8 Å². The van der Waals surface area contributed by atoms with E-state index < -0.39 is 41.7 Å². The zero-order chi connectivity index (χ0) is 27.0. The number of methoxy groups -OCH3 is 1. The number of hydrogen-bond donors (Lipinski definition) is 2. The molecule has 0 fully saturated rings. The number of nitrogens with zero attached hydrogens (tertiary/aromatic N) is 1. The number of nitrogens with one attached hydrogen (secondary N) is 2. The minimum atomic E-state index is -0.895. The zero-order valence-electron chi connectivity index (χ0n) is 22.3. The highest BCUT2D eigenvalue weighted by Crippen LogP contribution is 2.25. The molecule has 36 heavy (non-hydrogen) atoms. The van der Waals surface area contributed by atoms with Crippen LogP contribution in [0.5, 0.6) is 0 Å². The number of carbonyl (C=O) groups is 4. The predicted molar refractivity (Wildman–Crippen MR) is 139 cm³/mol. The number of thioether (sulfide) groups is 1. The van der Waals surface area contributed by atoms with E-state index in [1.54, 1.807) is 32.5 Å². The summed E-state index contributed by atoms with van der Waals surface area (Å²) in [6.07, 6.45) is 1.92. The summed E-state index contributed by atoms with van der Waals surface area (Å²) in [6.45, 7) is 9.09. The summed E-state index contributed by atoms with van der Waals surface area (Å²) in [5.41, 5.74) is 1.17. The van der Waals surface area contributed by atoms with Crippen LogP contribution in [-0.4, -0.2) is 71.6 Å². The molecule has 1 heterocycles. The maximum absolute atomic E-state index is 13.8. The Morgan fingerprint density at radius 1 is 1.11 bits per heavy atom. The molecular formula is C26H39N3O6S. The van der Waals surface area contributed by atoms with Crippen molar-refractivity contribution in [2.45, 2.75) is 77.7 Å². The number of alkyl carbamates (subject to hydrolysis) is 1. The van der Waals surface area contributed by atoms with E-state index in [-0.39, 0.29) is 18.4 Å². The van der Waals surface area contributed by atoms with Crippen molar-refractivity contribution in [3.05, 3.63) is 35.4 Å². The van der Waals surface area contributed by atoms with Gasteiger partial charge in [0.15, 0.2) is 0 Å². The van der Waals surface area contributed by atoms with Crippen molar-refractivity contribution in [2.75, 3.05) is 19.1 Å². The Morgan fingerprint density at radius 3 is 2.31 bits per heavy atom. The van der Waals surface area contributed by atoms with E-state index in [4.69, 9.17) is 9.47 Å². The summed E-state index contributed by atoms with van der Waals surface area (Å²) in [6, 6.07) is 5.07. The first-order valence-corrected chi connectivity index (χ1v) is 13.5. The monoisotopic (exact) mass is 521 g/mol. The number of amides is 3. The molecule has 2 N–H and O–H groups in total. The molecule has 0 spiro atoms. The summed E-state index contributed by atoms with van der Waals surface area (Å²) >= 11 is 1.56. The SMILES string of the molecule is COC(=O)[C@H](CCSC)NC(=O)[C@@H]1Cc2ccccc2CN1C(=O)[C@@H](NC(=O)OC(C)(C)C)C(C)C. The zero-order valence-corrected chi connectivity index (χ0v) is 23.1. The first-order valence-electron chi connectivity index (χ1n) is 12.1. The van der Waals surface area contributed by atoms with Gasteiger partial charge in [-0.25, -0.2) is 9.59 Å². The third-order valence-corrected chi connectivity index (χ3v) is 6.50. The third-order valence-electron chi connectivity index (χ3n) is 5.85. The molecule has 1 aromatic carbocycles. The fourth-order valence-corrected chi connectivity index (χ4v) is 4.48. The van der Waals surface area contributed by atoms with Crippen molar-refractivity contribution in [3.63, 3.8) is 0 Å². The van der Waals surface area contributed by atoms with E-state index >= 15 is 0 Å². The molecule has 0 saturated carbocycles. The Balaban J connectivity index is 2.34. The van der Waals surface area contributed by atoms with Crippen LogP contribution < -0.4 is 10.6 Å². The number of rotatable bonds is 9. The number of fused-ring (bicyclic) bond motifs is 1. The van der Waals surface area contributed by atoms with Crippen LogP contribution in [0.2, 0.25) is 0 Å². The molecule has 1 aliphatic rings. The number of esters is 1. The second-order valence-electron chi connectivity index (χ2n) is 10.2. The molecule has 3 atom stereocenters. The molecular weight excluding hydrogens is 482 g/mol. The average Bonchev–Trinajstić information content (AvgIpc) is 2.81. The Hall–Kier alpha value is -2.75. The Kier molecular flexibility index (Phi) is 10.6. The molecule has 0 bridgehead atoms. The highest BCUT2D eigenvalue weighted by molar-refractivity contribution is 7.98. The third kappa shape index (κ3) is 8.15. The van der Waals surface area contributed by atoms with Gasteiger partial charge in [-0.05, 0) is 56.2 Å². The standard InChI is InChI=1S/C26H39N3O6S/c1-16(2)21(28-25(33)35-26(3,4)5)23(31)29-15-18-11-9-8-10-17(18)14-20(29)22(30)27-19(12-13-36-7)24(32)34-6/h8-11,16,19-21H,12-15H2,1-7H3,(H,27,30)(H,28,33)/t19-,20-,21-/m0/s1. The highest BCUT2D eigenvalue weighted by Gasteiger charge is 2.40. The number of ether oxygens (including phenoxy) is 2. The van der Waals surface area contributed by atoms with Crippen molar-refractivity contribution in [2.24, 2.45) is 5.92 Å². The number of benzene rings is 1. The van der Waals surface area contributed by atoms with Gasteiger partial charge in [0.1, 0.15) is 23.7 Å². The second kappa shape index (κ2) is 13.0. The molecule has 10 heteroatoms. The molecule has 0 radical (unpaired) electrons. The van der Waals surface area contributed by atoms with Crippen LogP contribution in [0.25, 0.3) is 0 Å². The van der Waals surface area contributed by atoms with Gasteiger partial charge in [0.05, 0.1) is 7.11 Å². The van der Waals surface area contributed by atoms with Crippen molar-refractivity contribution in [1.29, 1.82) is 0 Å². The summed E-state index contributed by atoms with van der Waals surface area (Å²) < 4.78 is 10.2. The number of carbonyl (C=O) groups excluding carboxylic acids is 4. The van der Waals surface area contributed by atoms with E-state index in [9.17, 15) is 19.2 Å². The smallest absolute Gasteiger partial charge is 0.408 e. The van der Waals surface area contributed by atoms with E-state index in [1.165, 1.54) is 12.0 Å². The lowest BCUT2D eigenvalue weighted by atomic mass is 9.91. The Morgan fingerprint density at radius 2 is 1.75 bits per heavy atom. The van der Waals surface area contributed by atoms with Gasteiger partial charge in [-0.1, -0.05) is 38.1 Å². The largest absolute Gasteiger partial charge is 0.467 e. The van der Waals surface area contributed by atoms with Gasteiger partial charge in [-0.3, -0.25) is 9.59 Å². The van der Waals surface area contributed by atoms with Crippen LogP contribution in [0.4, 0.5) is 4.79 Å². The maximum Gasteiger partial charge on any atom is 0.408 e. The lowest BCUT2D eigenvalue weighted by Gasteiger charge is -2.39.